The second kappa shape index (κ2) is 6.86. The Morgan fingerprint density at radius 1 is 0.955 bits per heavy atom. The van der Waals surface area contributed by atoms with Crippen molar-refractivity contribution in [1.82, 2.24) is 0 Å². The van der Waals surface area contributed by atoms with Gasteiger partial charge in [-0.3, -0.25) is 0 Å². The summed E-state index contributed by atoms with van der Waals surface area (Å²) in [5, 5.41) is 3.75. The molecule has 0 saturated heterocycles. The quantitative estimate of drug-likeness (QED) is 0.519. The maximum Gasteiger partial charge on any atom is 0.159 e. The van der Waals surface area contributed by atoms with E-state index in [1.807, 2.05) is 24.3 Å². The predicted octanol–water partition coefficient (Wildman–Crippen LogP) is 5.37. The number of hydrogen-bond donors (Lipinski definition) is 1. The zero-order valence-corrected chi connectivity index (χ0v) is 13.4. The fourth-order valence-electron chi connectivity index (χ4n) is 2.25. The summed E-state index contributed by atoms with van der Waals surface area (Å²) in [5.74, 6) is 0.796. The molecule has 110 valence electrons. The Morgan fingerprint density at radius 3 is 2.50 bits per heavy atom. The first-order valence-corrected chi connectivity index (χ1v) is 8.28. The molecule has 0 saturated carbocycles. The summed E-state index contributed by atoms with van der Waals surface area (Å²) >= 11 is 7.40. The summed E-state index contributed by atoms with van der Waals surface area (Å²) in [6, 6.07) is 22.0. The van der Waals surface area contributed by atoms with Gasteiger partial charge in [0.25, 0.3) is 0 Å². The van der Waals surface area contributed by atoms with Crippen LogP contribution in [-0.4, -0.2) is 5.17 Å². The molecule has 0 radical (unpaired) electrons. The topological polar surface area (TPSA) is 38.4 Å². The SMILES string of the molecule is NC(=Nc1ccc(Cl)cc1)SCc1cccc2ccccc12. The van der Waals surface area contributed by atoms with Crippen LogP contribution in [0.5, 0.6) is 0 Å². The molecule has 3 aromatic rings. The van der Waals surface area contributed by atoms with Gasteiger partial charge in [-0.1, -0.05) is 65.8 Å². The van der Waals surface area contributed by atoms with Gasteiger partial charge in [0, 0.05) is 10.8 Å². The average molecular weight is 327 g/mol. The Balaban J connectivity index is 1.75. The van der Waals surface area contributed by atoms with E-state index in [4.69, 9.17) is 17.3 Å². The fraction of sp³-hybridized carbons (Fsp3) is 0.0556. The van der Waals surface area contributed by atoms with Crippen molar-refractivity contribution in [2.75, 3.05) is 0 Å². The van der Waals surface area contributed by atoms with Crippen molar-refractivity contribution < 1.29 is 0 Å². The van der Waals surface area contributed by atoms with Crippen molar-refractivity contribution in [3.63, 3.8) is 0 Å². The van der Waals surface area contributed by atoms with E-state index < -0.39 is 0 Å². The summed E-state index contributed by atoms with van der Waals surface area (Å²) < 4.78 is 0. The smallest absolute Gasteiger partial charge is 0.159 e. The minimum absolute atomic E-state index is 0.551. The zero-order chi connectivity index (χ0) is 15.4. The van der Waals surface area contributed by atoms with E-state index in [2.05, 4.69) is 47.5 Å². The fourth-order valence-corrected chi connectivity index (χ4v) is 3.10. The van der Waals surface area contributed by atoms with Gasteiger partial charge in [-0.05, 0) is 40.6 Å². The van der Waals surface area contributed by atoms with Gasteiger partial charge in [-0.15, -0.1) is 0 Å². The summed E-state index contributed by atoms with van der Waals surface area (Å²) in [4.78, 5) is 4.39. The number of thioether (sulfide) groups is 1. The van der Waals surface area contributed by atoms with Crippen LogP contribution in [0.3, 0.4) is 0 Å². The van der Waals surface area contributed by atoms with E-state index in [-0.39, 0.29) is 0 Å². The first-order valence-electron chi connectivity index (χ1n) is 6.91. The van der Waals surface area contributed by atoms with Crippen LogP contribution in [0.15, 0.2) is 71.7 Å². The lowest BCUT2D eigenvalue weighted by atomic mass is 10.1. The van der Waals surface area contributed by atoms with E-state index in [1.54, 1.807) is 0 Å². The van der Waals surface area contributed by atoms with E-state index in [0.717, 1.165) is 11.4 Å². The Morgan fingerprint density at radius 2 is 1.68 bits per heavy atom. The number of aliphatic imine (C=N–C) groups is 1. The zero-order valence-electron chi connectivity index (χ0n) is 11.9. The molecule has 0 heterocycles. The number of hydrogen-bond acceptors (Lipinski definition) is 2. The third-order valence-electron chi connectivity index (χ3n) is 3.32. The number of fused-ring (bicyclic) bond motifs is 1. The molecular weight excluding hydrogens is 312 g/mol. The van der Waals surface area contributed by atoms with Crippen LogP contribution < -0.4 is 5.73 Å². The third kappa shape index (κ3) is 3.62. The molecule has 4 heteroatoms. The highest BCUT2D eigenvalue weighted by Gasteiger charge is 2.02. The molecule has 0 amide bonds. The second-order valence-electron chi connectivity index (χ2n) is 4.85. The highest BCUT2D eigenvalue weighted by atomic mass is 35.5. The van der Waals surface area contributed by atoms with Crippen LogP contribution in [0.4, 0.5) is 5.69 Å². The van der Waals surface area contributed by atoms with Gasteiger partial charge in [-0.2, -0.15) is 0 Å². The van der Waals surface area contributed by atoms with E-state index in [9.17, 15) is 0 Å². The molecule has 0 fully saturated rings. The van der Waals surface area contributed by atoms with Crippen molar-refractivity contribution in [2.45, 2.75) is 5.75 Å². The third-order valence-corrected chi connectivity index (χ3v) is 4.42. The maximum atomic E-state index is 6.02. The van der Waals surface area contributed by atoms with Crippen LogP contribution in [0.1, 0.15) is 5.56 Å². The molecule has 2 N–H and O–H groups in total. The number of rotatable bonds is 3. The molecule has 3 rings (SSSR count). The summed E-state index contributed by atoms with van der Waals surface area (Å²) in [6.45, 7) is 0. The Hall–Kier alpha value is -1.97. The number of amidine groups is 1. The van der Waals surface area contributed by atoms with E-state index in [1.165, 1.54) is 28.1 Å². The Bertz CT molecular complexity index is 807. The molecule has 0 spiro atoms. The summed E-state index contributed by atoms with van der Waals surface area (Å²) in [5.41, 5.74) is 8.09. The minimum Gasteiger partial charge on any atom is -0.378 e. The molecule has 0 atom stereocenters. The van der Waals surface area contributed by atoms with E-state index >= 15 is 0 Å². The molecule has 2 nitrogen and oxygen atoms in total. The van der Waals surface area contributed by atoms with Gasteiger partial charge >= 0.3 is 0 Å². The molecular formula is C18H15ClN2S. The van der Waals surface area contributed by atoms with Gasteiger partial charge in [0.05, 0.1) is 5.69 Å². The summed E-state index contributed by atoms with van der Waals surface area (Å²) in [6.07, 6.45) is 0. The normalized spacial score (nSPS) is 11.8. The van der Waals surface area contributed by atoms with E-state index in [0.29, 0.717) is 10.2 Å². The van der Waals surface area contributed by atoms with Crippen LogP contribution >= 0.6 is 23.4 Å². The van der Waals surface area contributed by atoms with Crippen LogP contribution in [-0.2, 0) is 5.75 Å². The molecule has 0 aromatic heterocycles. The monoisotopic (exact) mass is 326 g/mol. The lowest BCUT2D eigenvalue weighted by Gasteiger charge is -2.06. The first kappa shape index (κ1) is 14.9. The van der Waals surface area contributed by atoms with Gasteiger partial charge in [0.15, 0.2) is 5.17 Å². The van der Waals surface area contributed by atoms with Crippen LogP contribution in [0.2, 0.25) is 5.02 Å². The second-order valence-corrected chi connectivity index (χ2v) is 6.29. The van der Waals surface area contributed by atoms with Gasteiger partial charge in [-0.25, -0.2) is 4.99 Å². The standard InChI is InChI=1S/C18H15ClN2S/c19-15-8-10-16(11-9-15)21-18(20)22-12-14-6-3-5-13-4-1-2-7-17(13)14/h1-11H,12H2,(H2,20,21). The number of nitrogens with zero attached hydrogens (tertiary/aromatic N) is 1. The van der Waals surface area contributed by atoms with Crippen molar-refractivity contribution in [1.29, 1.82) is 0 Å². The van der Waals surface area contributed by atoms with Crippen molar-refractivity contribution in [2.24, 2.45) is 10.7 Å². The molecule has 22 heavy (non-hydrogen) atoms. The number of halogens is 1. The van der Waals surface area contributed by atoms with Crippen molar-refractivity contribution in [3.05, 3.63) is 77.3 Å². The number of nitrogens with two attached hydrogens (primary N) is 1. The van der Waals surface area contributed by atoms with Gasteiger partial charge in [0.1, 0.15) is 0 Å². The van der Waals surface area contributed by atoms with Crippen molar-refractivity contribution >= 4 is 45.0 Å². The van der Waals surface area contributed by atoms with Crippen molar-refractivity contribution in [3.8, 4) is 0 Å². The highest BCUT2D eigenvalue weighted by molar-refractivity contribution is 8.13. The molecule has 0 aliphatic rings. The predicted molar refractivity (Wildman–Crippen MR) is 98.0 cm³/mol. The largest absolute Gasteiger partial charge is 0.378 e. The molecule has 0 bridgehead atoms. The molecule has 0 unspecified atom stereocenters. The number of benzene rings is 3. The molecule has 3 aromatic carbocycles. The lowest BCUT2D eigenvalue weighted by Crippen LogP contribution is -2.06. The highest BCUT2D eigenvalue weighted by Crippen LogP contribution is 2.24. The molecule has 0 aliphatic heterocycles. The van der Waals surface area contributed by atoms with Gasteiger partial charge < -0.3 is 5.73 Å². The lowest BCUT2D eigenvalue weighted by molar-refractivity contribution is 1.46. The first-order chi connectivity index (χ1) is 10.7. The summed E-state index contributed by atoms with van der Waals surface area (Å²) in [7, 11) is 0. The Kier molecular flexibility index (Phi) is 4.66. The van der Waals surface area contributed by atoms with Gasteiger partial charge in [0.2, 0.25) is 0 Å². The maximum absolute atomic E-state index is 6.02. The Labute approximate surface area is 139 Å². The van der Waals surface area contributed by atoms with Crippen LogP contribution in [0.25, 0.3) is 10.8 Å². The van der Waals surface area contributed by atoms with Crippen LogP contribution in [0, 0.1) is 0 Å². The minimum atomic E-state index is 0.551. The average Bonchev–Trinajstić information content (AvgIpc) is 2.55. The molecule has 0 aliphatic carbocycles.